The summed E-state index contributed by atoms with van der Waals surface area (Å²) in [4.78, 5) is 49.5. The molecule has 1 unspecified atom stereocenters. The van der Waals surface area contributed by atoms with Crippen LogP contribution in [0.25, 0.3) is 0 Å². The molecule has 144 valence electrons. The van der Waals surface area contributed by atoms with Crippen LogP contribution in [0.1, 0.15) is 38.0 Å². The molecule has 0 fully saturated rings. The summed E-state index contributed by atoms with van der Waals surface area (Å²) in [5, 5.41) is 3.23. The SMILES string of the molecule is CC(OC(=O)c1ccc2c(c1)C(=O)N(C)C2=O)C(=O)Nc1cc(Cl)cc(Cl)c1. The van der Waals surface area contributed by atoms with Crippen LogP contribution >= 0.6 is 23.2 Å². The zero-order valence-corrected chi connectivity index (χ0v) is 16.3. The highest BCUT2D eigenvalue weighted by atomic mass is 35.5. The molecule has 0 bridgehead atoms. The Balaban J connectivity index is 1.70. The predicted octanol–water partition coefficient (Wildman–Crippen LogP) is 3.40. The van der Waals surface area contributed by atoms with E-state index in [1.54, 1.807) is 0 Å². The van der Waals surface area contributed by atoms with E-state index in [1.807, 2.05) is 0 Å². The number of hydrogen-bond donors (Lipinski definition) is 1. The molecular formula is C19H14Cl2N2O5. The Morgan fingerprint density at radius 1 is 1.00 bits per heavy atom. The van der Waals surface area contributed by atoms with Gasteiger partial charge >= 0.3 is 5.97 Å². The molecule has 0 saturated carbocycles. The van der Waals surface area contributed by atoms with Gasteiger partial charge in [-0.25, -0.2) is 4.79 Å². The van der Waals surface area contributed by atoms with Crippen molar-refractivity contribution >= 4 is 52.6 Å². The zero-order chi connectivity index (χ0) is 20.6. The number of nitrogens with one attached hydrogen (secondary N) is 1. The van der Waals surface area contributed by atoms with Crippen molar-refractivity contribution in [1.82, 2.24) is 4.90 Å². The van der Waals surface area contributed by atoms with Crippen LogP contribution in [0, 0.1) is 0 Å². The number of rotatable bonds is 4. The maximum atomic E-state index is 12.3. The number of nitrogens with zero attached hydrogens (tertiary/aromatic N) is 1. The standard InChI is InChI=1S/C19H14Cl2N2O5/c1-9(16(24)22-13-7-11(20)6-12(21)8-13)28-19(27)10-3-4-14-15(5-10)18(26)23(2)17(14)25/h3-9H,1-2H3,(H,22,24). The average Bonchev–Trinajstić information content (AvgIpc) is 2.84. The fourth-order valence-corrected chi connectivity index (χ4v) is 3.17. The summed E-state index contributed by atoms with van der Waals surface area (Å²) in [6.07, 6.45) is -1.13. The first-order valence-corrected chi connectivity index (χ1v) is 8.87. The number of halogens is 2. The van der Waals surface area contributed by atoms with Crippen molar-refractivity contribution in [1.29, 1.82) is 0 Å². The first-order chi connectivity index (χ1) is 13.2. The summed E-state index contributed by atoms with van der Waals surface area (Å²) >= 11 is 11.8. The highest BCUT2D eigenvalue weighted by molar-refractivity contribution is 6.35. The molecule has 2 aromatic rings. The van der Waals surface area contributed by atoms with E-state index in [4.69, 9.17) is 27.9 Å². The van der Waals surface area contributed by atoms with Crippen molar-refractivity contribution in [3.8, 4) is 0 Å². The molecule has 2 aromatic carbocycles. The van der Waals surface area contributed by atoms with Gasteiger partial charge in [0.25, 0.3) is 17.7 Å². The molecule has 1 N–H and O–H groups in total. The number of esters is 1. The van der Waals surface area contributed by atoms with Crippen LogP contribution in [-0.2, 0) is 9.53 Å². The number of imide groups is 1. The van der Waals surface area contributed by atoms with Crippen LogP contribution in [0.5, 0.6) is 0 Å². The number of amides is 3. The first kappa shape index (κ1) is 19.9. The van der Waals surface area contributed by atoms with Crippen LogP contribution in [0.4, 0.5) is 5.69 Å². The smallest absolute Gasteiger partial charge is 0.338 e. The molecule has 28 heavy (non-hydrogen) atoms. The van der Waals surface area contributed by atoms with Gasteiger partial charge in [0.05, 0.1) is 16.7 Å². The normalized spacial score (nSPS) is 13.9. The van der Waals surface area contributed by atoms with Crippen LogP contribution < -0.4 is 5.32 Å². The van der Waals surface area contributed by atoms with Gasteiger partial charge < -0.3 is 10.1 Å². The number of ether oxygens (including phenoxy) is 1. The number of fused-ring (bicyclic) bond motifs is 1. The van der Waals surface area contributed by atoms with Crippen LogP contribution in [0.2, 0.25) is 10.0 Å². The summed E-state index contributed by atoms with van der Waals surface area (Å²) in [6, 6.07) is 8.54. The predicted molar refractivity (Wildman–Crippen MR) is 103 cm³/mol. The molecule has 0 aromatic heterocycles. The van der Waals surface area contributed by atoms with Gasteiger partial charge in [0.1, 0.15) is 0 Å². The summed E-state index contributed by atoms with van der Waals surface area (Å²) in [7, 11) is 1.36. The third kappa shape index (κ3) is 3.85. The zero-order valence-electron chi connectivity index (χ0n) is 14.8. The number of benzene rings is 2. The van der Waals surface area contributed by atoms with Gasteiger partial charge in [-0.05, 0) is 43.3 Å². The van der Waals surface area contributed by atoms with E-state index in [0.29, 0.717) is 15.7 Å². The third-order valence-corrected chi connectivity index (χ3v) is 4.54. The van der Waals surface area contributed by atoms with E-state index >= 15 is 0 Å². The van der Waals surface area contributed by atoms with E-state index in [2.05, 4.69) is 5.32 Å². The Morgan fingerprint density at radius 2 is 1.61 bits per heavy atom. The number of anilines is 1. The van der Waals surface area contributed by atoms with E-state index in [9.17, 15) is 19.2 Å². The number of carbonyl (C=O) groups excluding carboxylic acids is 4. The van der Waals surface area contributed by atoms with Gasteiger partial charge in [-0.3, -0.25) is 19.3 Å². The lowest BCUT2D eigenvalue weighted by Gasteiger charge is -2.14. The summed E-state index contributed by atoms with van der Waals surface area (Å²) in [6.45, 7) is 1.40. The van der Waals surface area contributed by atoms with Gasteiger partial charge in [0.15, 0.2) is 6.10 Å². The fourth-order valence-electron chi connectivity index (χ4n) is 2.64. The Bertz CT molecular complexity index is 1000. The lowest BCUT2D eigenvalue weighted by atomic mass is 10.1. The fraction of sp³-hybridized carbons (Fsp3) is 0.158. The molecule has 7 nitrogen and oxygen atoms in total. The quantitative estimate of drug-likeness (QED) is 0.604. The van der Waals surface area contributed by atoms with Crippen molar-refractivity contribution in [3.63, 3.8) is 0 Å². The number of carbonyl (C=O) groups is 4. The number of hydrogen-bond acceptors (Lipinski definition) is 5. The van der Waals surface area contributed by atoms with Crippen LogP contribution in [0.3, 0.4) is 0 Å². The molecule has 3 amide bonds. The van der Waals surface area contributed by atoms with Gasteiger partial charge in [0.2, 0.25) is 0 Å². The van der Waals surface area contributed by atoms with Crippen LogP contribution in [0.15, 0.2) is 36.4 Å². The van der Waals surface area contributed by atoms with E-state index in [1.165, 1.54) is 50.4 Å². The highest BCUT2D eigenvalue weighted by Crippen LogP contribution is 2.24. The van der Waals surface area contributed by atoms with Gasteiger partial charge in [0, 0.05) is 22.8 Å². The monoisotopic (exact) mass is 420 g/mol. The minimum Gasteiger partial charge on any atom is -0.449 e. The van der Waals surface area contributed by atoms with Crippen molar-refractivity contribution in [2.24, 2.45) is 0 Å². The molecule has 1 aliphatic rings. The topological polar surface area (TPSA) is 92.8 Å². The molecule has 0 radical (unpaired) electrons. The summed E-state index contributed by atoms with van der Waals surface area (Å²) in [5.74, 6) is -2.32. The maximum Gasteiger partial charge on any atom is 0.338 e. The van der Waals surface area contributed by atoms with Crippen molar-refractivity contribution < 1.29 is 23.9 Å². The van der Waals surface area contributed by atoms with E-state index in [0.717, 1.165) is 4.90 Å². The molecule has 1 heterocycles. The second-order valence-corrected chi connectivity index (χ2v) is 7.00. The maximum absolute atomic E-state index is 12.3. The minimum absolute atomic E-state index is 0.0562. The molecular weight excluding hydrogens is 407 g/mol. The average molecular weight is 421 g/mol. The highest BCUT2D eigenvalue weighted by Gasteiger charge is 2.33. The van der Waals surface area contributed by atoms with Crippen molar-refractivity contribution in [3.05, 3.63) is 63.1 Å². The molecule has 9 heteroatoms. The van der Waals surface area contributed by atoms with Gasteiger partial charge in [-0.15, -0.1) is 0 Å². The largest absolute Gasteiger partial charge is 0.449 e. The Morgan fingerprint density at radius 3 is 2.25 bits per heavy atom. The Labute approximate surface area is 170 Å². The summed E-state index contributed by atoms with van der Waals surface area (Å²) < 4.78 is 5.15. The molecule has 1 atom stereocenters. The molecule has 1 aliphatic heterocycles. The minimum atomic E-state index is -1.13. The molecule has 3 rings (SSSR count). The van der Waals surface area contributed by atoms with E-state index in [-0.39, 0.29) is 16.7 Å². The molecule has 0 aliphatic carbocycles. The second kappa shape index (κ2) is 7.61. The van der Waals surface area contributed by atoms with E-state index < -0.39 is 29.8 Å². The second-order valence-electron chi connectivity index (χ2n) is 6.12. The van der Waals surface area contributed by atoms with Crippen LogP contribution in [-0.4, -0.2) is 41.7 Å². The van der Waals surface area contributed by atoms with Gasteiger partial charge in [-0.1, -0.05) is 23.2 Å². The van der Waals surface area contributed by atoms with Gasteiger partial charge in [-0.2, -0.15) is 0 Å². The Hall–Kier alpha value is -2.90. The first-order valence-electron chi connectivity index (χ1n) is 8.11. The Kier molecular flexibility index (Phi) is 5.40. The molecule has 0 saturated heterocycles. The lowest BCUT2D eigenvalue weighted by molar-refractivity contribution is -0.123. The third-order valence-electron chi connectivity index (χ3n) is 4.11. The van der Waals surface area contributed by atoms with Crippen molar-refractivity contribution in [2.45, 2.75) is 13.0 Å². The molecule has 0 spiro atoms. The summed E-state index contributed by atoms with van der Waals surface area (Å²) in [5.41, 5.74) is 0.746. The lowest BCUT2D eigenvalue weighted by Crippen LogP contribution is -2.30. The van der Waals surface area contributed by atoms with Crippen molar-refractivity contribution in [2.75, 3.05) is 12.4 Å².